The molecule has 0 aromatic rings. The predicted molar refractivity (Wildman–Crippen MR) is 311 cm³/mol. The Morgan fingerprint density at radius 1 is 0.292 bits per heavy atom. The third kappa shape index (κ3) is 56.2. The monoisotopic (exact) mass is 993 g/mol. The minimum Gasteiger partial charge on any atom is -0.462 e. The summed E-state index contributed by atoms with van der Waals surface area (Å²) in [4.78, 5) is 38.1. The summed E-state index contributed by atoms with van der Waals surface area (Å²) in [5.41, 5.74) is 0. The fraction of sp³-hybridized carbons (Fsp3) is 0.591. The van der Waals surface area contributed by atoms with Gasteiger partial charge in [-0.2, -0.15) is 0 Å². The number of carbonyl (C=O) groups is 3. The summed E-state index contributed by atoms with van der Waals surface area (Å²) in [6.45, 7) is 6.27. The van der Waals surface area contributed by atoms with Crippen molar-refractivity contribution in [3.05, 3.63) is 146 Å². The van der Waals surface area contributed by atoms with Gasteiger partial charge in [-0.25, -0.2) is 0 Å². The third-order valence-corrected chi connectivity index (χ3v) is 11.6. The maximum atomic E-state index is 12.8. The summed E-state index contributed by atoms with van der Waals surface area (Å²) < 4.78 is 16.8. The molecule has 1 atom stereocenters. The van der Waals surface area contributed by atoms with Gasteiger partial charge in [-0.05, 0) is 122 Å². The number of esters is 3. The lowest BCUT2D eigenvalue weighted by Gasteiger charge is -2.18. The van der Waals surface area contributed by atoms with E-state index >= 15 is 0 Å². The Morgan fingerprint density at radius 2 is 0.569 bits per heavy atom. The van der Waals surface area contributed by atoms with Gasteiger partial charge in [-0.15, -0.1) is 0 Å². The lowest BCUT2D eigenvalue weighted by Crippen LogP contribution is -2.30. The summed E-state index contributed by atoms with van der Waals surface area (Å²) in [7, 11) is 0. The molecule has 6 nitrogen and oxygen atoms in total. The Hall–Kier alpha value is -4.71. The van der Waals surface area contributed by atoms with E-state index < -0.39 is 6.10 Å². The molecule has 0 bridgehead atoms. The van der Waals surface area contributed by atoms with Crippen LogP contribution in [0.15, 0.2) is 146 Å². The average Bonchev–Trinajstić information content (AvgIpc) is 3.38. The summed E-state index contributed by atoms with van der Waals surface area (Å²) >= 11 is 0. The van der Waals surface area contributed by atoms with Gasteiger partial charge in [0.1, 0.15) is 13.2 Å². The van der Waals surface area contributed by atoms with E-state index in [1.54, 1.807) is 0 Å². The highest BCUT2D eigenvalue weighted by Gasteiger charge is 2.19. The van der Waals surface area contributed by atoms with E-state index in [9.17, 15) is 14.4 Å². The molecule has 0 amide bonds. The van der Waals surface area contributed by atoms with E-state index in [1.807, 2.05) is 12.2 Å². The summed E-state index contributed by atoms with van der Waals surface area (Å²) in [5, 5.41) is 0. The first kappa shape index (κ1) is 67.3. The first-order valence-electron chi connectivity index (χ1n) is 28.8. The van der Waals surface area contributed by atoms with Gasteiger partial charge in [0.25, 0.3) is 0 Å². The van der Waals surface area contributed by atoms with Crippen LogP contribution < -0.4 is 0 Å². The topological polar surface area (TPSA) is 78.9 Å². The highest BCUT2D eigenvalue weighted by Crippen LogP contribution is 2.13. The average molecular weight is 994 g/mol. The van der Waals surface area contributed by atoms with E-state index in [4.69, 9.17) is 14.2 Å². The van der Waals surface area contributed by atoms with Crippen LogP contribution in [0.4, 0.5) is 0 Å². The number of hydrogen-bond donors (Lipinski definition) is 0. The maximum absolute atomic E-state index is 12.8. The molecular weight excluding hydrogens is 889 g/mol. The molecule has 0 aliphatic carbocycles. The zero-order chi connectivity index (χ0) is 52.2. The molecule has 0 spiro atoms. The van der Waals surface area contributed by atoms with Gasteiger partial charge in [0.05, 0.1) is 0 Å². The molecule has 0 radical (unpaired) electrons. The SMILES string of the molecule is CC/C=C\C/C=C\C/C=C\C/C=C\C/C=C\C/C=C\CCCCCCCCCCC(=O)OCC(COC(=O)CC/C=C\C/C=C\C/C=C\C/C=C\CC)OC(=O)CCCCCCC/C=C\C/C=C\CCCC. The van der Waals surface area contributed by atoms with Crippen molar-refractivity contribution in [1.82, 2.24) is 0 Å². The van der Waals surface area contributed by atoms with Gasteiger partial charge >= 0.3 is 17.9 Å². The van der Waals surface area contributed by atoms with Crippen molar-refractivity contribution in [3.63, 3.8) is 0 Å². The van der Waals surface area contributed by atoms with Crippen LogP contribution in [0.5, 0.6) is 0 Å². The lowest BCUT2D eigenvalue weighted by molar-refractivity contribution is -0.166. The Bertz CT molecular complexity index is 1610. The van der Waals surface area contributed by atoms with Crippen LogP contribution in [0.3, 0.4) is 0 Å². The Labute approximate surface area is 442 Å². The molecule has 0 saturated heterocycles. The summed E-state index contributed by atoms with van der Waals surface area (Å²) in [6.07, 6.45) is 84.3. The maximum Gasteiger partial charge on any atom is 0.306 e. The van der Waals surface area contributed by atoms with Crippen LogP contribution in [0.25, 0.3) is 0 Å². The number of ether oxygens (including phenoxy) is 3. The number of unbranched alkanes of at least 4 members (excludes halogenated alkanes) is 15. The van der Waals surface area contributed by atoms with Crippen molar-refractivity contribution in [1.29, 1.82) is 0 Å². The molecule has 0 aliphatic heterocycles. The summed E-state index contributed by atoms with van der Waals surface area (Å²) in [6, 6.07) is 0. The van der Waals surface area contributed by atoms with Crippen molar-refractivity contribution < 1.29 is 28.6 Å². The fourth-order valence-electron chi connectivity index (χ4n) is 7.30. The number of allylic oxidation sites excluding steroid dienone is 24. The number of carbonyl (C=O) groups excluding carboxylic acids is 3. The van der Waals surface area contributed by atoms with Crippen molar-refractivity contribution in [2.75, 3.05) is 13.2 Å². The number of hydrogen-bond acceptors (Lipinski definition) is 6. The Morgan fingerprint density at radius 3 is 0.931 bits per heavy atom. The summed E-state index contributed by atoms with van der Waals surface area (Å²) in [5.74, 6) is -1.03. The van der Waals surface area contributed by atoms with Gasteiger partial charge in [-0.1, -0.05) is 237 Å². The van der Waals surface area contributed by atoms with E-state index in [-0.39, 0.29) is 44.0 Å². The molecule has 404 valence electrons. The van der Waals surface area contributed by atoms with Gasteiger partial charge in [0.2, 0.25) is 0 Å². The molecule has 0 N–H and O–H groups in total. The molecular formula is C66H104O6. The molecule has 0 saturated carbocycles. The molecule has 0 heterocycles. The predicted octanol–water partition coefficient (Wildman–Crippen LogP) is 19.6. The number of rotatable bonds is 50. The van der Waals surface area contributed by atoms with Crippen molar-refractivity contribution in [2.24, 2.45) is 0 Å². The van der Waals surface area contributed by atoms with Gasteiger partial charge in [0.15, 0.2) is 6.10 Å². The van der Waals surface area contributed by atoms with E-state index in [1.165, 1.54) is 51.4 Å². The second-order valence-corrected chi connectivity index (χ2v) is 18.4. The Balaban J connectivity index is 4.40. The van der Waals surface area contributed by atoms with Gasteiger partial charge in [0, 0.05) is 19.3 Å². The largest absolute Gasteiger partial charge is 0.462 e. The second-order valence-electron chi connectivity index (χ2n) is 18.4. The zero-order valence-corrected chi connectivity index (χ0v) is 46.1. The van der Waals surface area contributed by atoms with E-state index in [2.05, 4.69) is 154 Å². The molecule has 0 rings (SSSR count). The highest BCUT2D eigenvalue weighted by molar-refractivity contribution is 5.71. The van der Waals surface area contributed by atoms with Crippen LogP contribution in [0.2, 0.25) is 0 Å². The van der Waals surface area contributed by atoms with Crippen molar-refractivity contribution >= 4 is 17.9 Å². The smallest absolute Gasteiger partial charge is 0.306 e. The first-order chi connectivity index (χ1) is 35.5. The Kier molecular flexibility index (Phi) is 55.0. The zero-order valence-electron chi connectivity index (χ0n) is 46.1. The fourth-order valence-corrected chi connectivity index (χ4v) is 7.30. The van der Waals surface area contributed by atoms with Crippen LogP contribution in [-0.4, -0.2) is 37.2 Å². The van der Waals surface area contributed by atoms with Crippen molar-refractivity contribution in [3.8, 4) is 0 Å². The lowest BCUT2D eigenvalue weighted by atomic mass is 10.1. The second kappa shape index (κ2) is 58.9. The van der Waals surface area contributed by atoms with Crippen LogP contribution in [0, 0.1) is 0 Å². The van der Waals surface area contributed by atoms with E-state index in [0.717, 1.165) is 135 Å². The standard InChI is InChI=1S/C66H104O6/c1-4-7-10-13-16-19-22-25-27-28-29-30-31-32-33-34-35-36-37-38-39-42-44-47-50-53-56-59-65(68)71-62-63(61-70-64(67)58-55-52-49-46-43-40-24-21-18-15-12-9-6-3)72-66(69)60-57-54-51-48-45-41-26-23-20-17-14-11-8-5-2/h7,9-10,12,14,16-19,21,23,25-27,29-30,32-33,35-36,40,43,49,52,63H,4-6,8,11,13,15,20,22,24,28,31,34,37-39,41-42,44-48,50-51,53-62H2,1-3H3/b10-7-,12-9-,17-14-,19-16-,21-18-,26-23-,27-25-,30-29-,33-32-,36-35-,43-40-,52-49-. The third-order valence-electron chi connectivity index (χ3n) is 11.6. The minimum atomic E-state index is -0.824. The molecule has 0 aromatic carbocycles. The molecule has 0 fully saturated rings. The molecule has 1 unspecified atom stereocenters. The first-order valence-corrected chi connectivity index (χ1v) is 28.8. The quantitative estimate of drug-likeness (QED) is 0.0261. The normalized spacial score (nSPS) is 13.2. The highest BCUT2D eigenvalue weighted by atomic mass is 16.6. The molecule has 6 heteroatoms. The van der Waals surface area contributed by atoms with Crippen LogP contribution >= 0.6 is 0 Å². The van der Waals surface area contributed by atoms with Crippen LogP contribution in [-0.2, 0) is 28.6 Å². The molecule has 72 heavy (non-hydrogen) atoms. The van der Waals surface area contributed by atoms with Gasteiger partial charge < -0.3 is 14.2 Å². The minimum absolute atomic E-state index is 0.116. The molecule has 0 aliphatic rings. The van der Waals surface area contributed by atoms with Gasteiger partial charge in [-0.3, -0.25) is 14.4 Å². The molecule has 0 aromatic heterocycles. The van der Waals surface area contributed by atoms with Crippen LogP contribution in [0.1, 0.15) is 233 Å². The van der Waals surface area contributed by atoms with Crippen molar-refractivity contribution in [2.45, 2.75) is 239 Å². The van der Waals surface area contributed by atoms with E-state index in [0.29, 0.717) is 12.8 Å².